The molecule has 0 heterocycles. The van der Waals surface area contributed by atoms with Crippen LogP contribution in [-0.4, -0.2) is 0 Å². The third-order valence-corrected chi connectivity index (χ3v) is 14.1. The molecule has 0 saturated heterocycles. The first-order valence-electron chi connectivity index (χ1n) is 16.5. The Morgan fingerprint density at radius 2 is 0.659 bits per heavy atom. The van der Waals surface area contributed by atoms with E-state index in [9.17, 15) is 0 Å². The molecule has 10 rings (SSSR count). The van der Waals surface area contributed by atoms with E-state index < -0.39 is 0 Å². The maximum absolute atomic E-state index is 3.72. The maximum atomic E-state index is 3.72. The van der Waals surface area contributed by atoms with E-state index in [-0.39, 0.29) is 0 Å². The quantitative estimate of drug-likeness (QED) is 0.166. The number of halogens is 4. The Morgan fingerprint density at radius 1 is 0.364 bits per heavy atom. The van der Waals surface area contributed by atoms with Gasteiger partial charge in [0, 0.05) is 58.9 Å². The van der Waals surface area contributed by atoms with Crippen LogP contribution in [0.2, 0.25) is 0 Å². The van der Waals surface area contributed by atoms with Crippen LogP contribution in [0.15, 0.2) is 93.9 Å². The number of hydrogen-bond donors (Lipinski definition) is 0. The molecule has 0 N–H and O–H groups in total. The van der Waals surface area contributed by atoms with E-state index in [1.165, 1.54) is 108 Å². The van der Waals surface area contributed by atoms with E-state index >= 15 is 0 Å². The van der Waals surface area contributed by atoms with Crippen molar-refractivity contribution in [2.75, 3.05) is 0 Å². The minimum atomic E-state index is 0.389. The lowest BCUT2D eigenvalue weighted by molar-refractivity contribution is 0.299. The summed E-state index contributed by atoms with van der Waals surface area (Å²) in [5.41, 5.74) is 14.2. The number of fused-ring (bicyclic) bond motifs is 6. The largest absolute Gasteiger partial charge is 0.0619 e. The van der Waals surface area contributed by atoms with Crippen LogP contribution in [0.3, 0.4) is 0 Å². The topological polar surface area (TPSA) is 0 Å². The summed E-state index contributed by atoms with van der Waals surface area (Å²) in [6, 6.07) is 32.4. The summed E-state index contributed by atoms with van der Waals surface area (Å²) in [5.74, 6) is 0. The van der Waals surface area contributed by atoms with E-state index in [1.54, 1.807) is 22.3 Å². The van der Waals surface area contributed by atoms with Crippen LogP contribution >= 0.6 is 60.1 Å². The predicted octanol–water partition coefficient (Wildman–Crippen LogP) is 13.6. The SMILES string of the molecule is BrBr.Brc1ccc2c(c1)C13CCCC1(CCC3)c1cc(Br)ccc1-2.c1ccc2c(c1)-c1ccccc1C13CCCC21CCC3. The summed E-state index contributed by atoms with van der Waals surface area (Å²) in [6.07, 6.45) is 16.6. The summed E-state index contributed by atoms with van der Waals surface area (Å²) in [4.78, 5) is 0. The van der Waals surface area contributed by atoms with Crippen molar-refractivity contribution in [1.82, 2.24) is 0 Å². The second kappa shape index (κ2) is 11.2. The van der Waals surface area contributed by atoms with E-state index in [4.69, 9.17) is 0 Å². The van der Waals surface area contributed by atoms with E-state index in [1.807, 2.05) is 0 Å². The zero-order valence-corrected chi connectivity index (χ0v) is 31.4. The molecule has 4 heteroatoms. The third-order valence-electron chi connectivity index (χ3n) is 13.1. The first-order chi connectivity index (χ1) is 21.5. The predicted molar refractivity (Wildman–Crippen MR) is 199 cm³/mol. The van der Waals surface area contributed by atoms with Gasteiger partial charge in [-0.15, -0.1) is 0 Å². The van der Waals surface area contributed by atoms with Gasteiger partial charge in [-0.3, -0.25) is 0 Å². The average Bonchev–Trinajstić information content (AvgIpc) is 3.82. The molecule has 6 aliphatic carbocycles. The Bertz CT molecular complexity index is 1610. The van der Waals surface area contributed by atoms with Crippen molar-refractivity contribution >= 4 is 60.1 Å². The van der Waals surface area contributed by atoms with Crippen LogP contribution in [-0.2, 0) is 21.7 Å². The molecule has 0 radical (unpaired) electrons. The number of benzene rings is 4. The zero-order chi connectivity index (χ0) is 30.2. The lowest BCUT2D eigenvalue weighted by atomic mass is 9.55. The average molecular weight is 838 g/mol. The van der Waals surface area contributed by atoms with Crippen LogP contribution in [0.4, 0.5) is 0 Å². The van der Waals surface area contributed by atoms with Crippen molar-refractivity contribution in [3.05, 3.63) is 116 Å². The molecule has 4 aromatic carbocycles. The Hall–Kier alpha value is -1.20. The van der Waals surface area contributed by atoms with Gasteiger partial charge in [0.25, 0.3) is 0 Å². The molecule has 0 spiro atoms. The molecular weight excluding hydrogens is 800 g/mol. The summed E-state index contributed by atoms with van der Waals surface area (Å²) < 4.78 is 2.46. The highest BCUT2D eigenvalue weighted by molar-refractivity contribution is 9.93. The third kappa shape index (κ3) is 3.90. The number of rotatable bonds is 0. The Balaban J connectivity index is 0.000000125. The summed E-state index contributed by atoms with van der Waals surface area (Å²) in [6.45, 7) is 0. The van der Waals surface area contributed by atoms with Crippen LogP contribution in [0.1, 0.15) is 99.3 Å². The highest BCUT2D eigenvalue weighted by Crippen LogP contribution is 2.70. The Morgan fingerprint density at radius 3 is 1.02 bits per heavy atom. The van der Waals surface area contributed by atoms with Crippen molar-refractivity contribution in [3.63, 3.8) is 0 Å². The van der Waals surface area contributed by atoms with Crippen LogP contribution < -0.4 is 0 Å². The normalized spacial score (nSPS) is 30.9. The van der Waals surface area contributed by atoms with Gasteiger partial charge in [-0.25, -0.2) is 0 Å². The van der Waals surface area contributed by atoms with Crippen molar-refractivity contribution in [3.8, 4) is 22.3 Å². The highest BCUT2D eigenvalue weighted by atomic mass is 80.9. The molecular formula is C40H38Br4. The second-order valence-electron chi connectivity index (χ2n) is 14.2. The first kappa shape index (κ1) is 30.2. The van der Waals surface area contributed by atoms with Crippen molar-refractivity contribution in [2.24, 2.45) is 0 Å². The fraction of sp³-hybridized carbons (Fsp3) is 0.400. The summed E-state index contributed by atoms with van der Waals surface area (Å²) >= 11 is 12.9. The lowest BCUT2D eigenvalue weighted by Crippen LogP contribution is -2.43. The fourth-order valence-corrected chi connectivity index (χ4v) is 12.6. The van der Waals surface area contributed by atoms with E-state index in [2.05, 4.69) is 145 Å². The second-order valence-corrected chi connectivity index (χ2v) is 16.0. The molecule has 0 bridgehead atoms. The lowest BCUT2D eigenvalue weighted by Gasteiger charge is -2.48. The molecule has 0 aliphatic heterocycles. The Kier molecular flexibility index (Phi) is 7.68. The van der Waals surface area contributed by atoms with Gasteiger partial charge < -0.3 is 0 Å². The molecule has 0 aromatic heterocycles. The van der Waals surface area contributed by atoms with E-state index in [0.717, 1.165) is 0 Å². The summed E-state index contributed by atoms with van der Waals surface area (Å²) in [5, 5.41) is 0. The molecule has 0 amide bonds. The maximum Gasteiger partial charge on any atom is 0.0178 e. The first-order valence-corrected chi connectivity index (χ1v) is 21.8. The van der Waals surface area contributed by atoms with Crippen LogP contribution in [0.25, 0.3) is 22.3 Å². The molecule has 4 saturated carbocycles. The smallest absolute Gasteiger partial charge is 0.0178 e. The minimum absolute atomic E-state index is 0.389. The van der Waals surface area contributed by atoms with E-state index in [0.29, 0.717) is 21.7 Å². The van der Waals surface area contributed by atoms with Gasteiger partial charge in [0.15, 0.2) is 0 Å². The van der Waals surface area contributed by atoms with Crippen molar-refractivity contribution in [1.29, 1.82) is 0 Å². The van der Waals surface area contributed by atoms with Gasteiger partial charge in [0.05, 0.1) is 0 Å². The van der Waals surface area contributed by atoms with Gasteiger partial charge in [-0.2, -0.15) is 0 Å². The molecule has 0 nitrogen and oxygen atoms in total. The van der Waals surface area contributed by atoms with Gasteiger partial charge in [-0.1, -0.05) is 118 Å². The molecule has 6 aliphatic rings. The van der Waals surface area contributed by atoms with Crippen molar-refractivity contribution in [2.45, 2.75) is 98.7 Å². The van der Waals surface area contributed by atoms with Crippen LogP contribution in [0, 0.1) is 0 Å². The molecule has 0 atom stereocenters. The summed E-state index contributed by atoms with van der Waals surface area (Å²) in [7, 11) is 0. The minimum Gasteiger partial charge on any atom is -0.0619 e. The molecule has 226 valence electrons. The monoisotopic (exact) mass is 834 g/mol. The van der Waals surface area contributed by atoms with Crippen LogP contribution in [0.5, 0.6) is 0 Å². The van der Waals surface area contributed by atoms with Gasteiger partial charge in [0.2, 0.25) is 0 Å². The van der Waals surface area contributed by atoms with Gasteiger partial charge in [0.1, 0.15) is 0 Å². The molecule has 44 heavy (non-hydrogen) atoms. The standard InChI is InChI=1S/C20H18Br2.C20H20.Br2/c21-13-3-5-15-16-6-4-14(22)12-18(16)20-8-1-7-19(20,9-2-10-20)17(15)11-13;1-3-9-17-15(7-1)16-8-2-4-10-18(16)20-13-5-11-19(17,20)12-6-14-20;1-2/h3-6,11-12H,1-2,7-10H2;1-4,7-10H,5-6,11-14H2;. The molecule has 0 unspecified atom stereocenters. The fourth-order valence-electron chi connectivity index (χ4n) is 11.9. The molecule has 4 aromatic rings. The number of hydrogen-bond acceptors (Lipinski definition) is 0. The Labute approximate surface area is 294 Å². The molecule has 4 fully saturated rings. The highest BCUT2D eigenvalue weighted by Gasteiger charge is 2.63. The zero-order valence-electron chi connectivity index (χ0n) is 25.1. The van der Waals surface area contributed by atoms with Crippen molar-refractivity contribution < 1.29 is 0 Å². The van der Waals surface area contributed by atoms with Gasteiger partial charge >= 0.3 is 0 Å². The van der Waals surface area contributed by atoms with Gasteiger partial charge in [-0.05, 0) is 120 Å².